The van der Waals surface area contributed by atoms with Crippen LogP contribution in [0.2, 0.25) is 0 Å². The van der Waals surface area contributed by atoms with Gasteiger partial charge in [-0.05, 0) is 18.2 Å². The predicted octanol–water partition coefficient (Wildman–Crippen LogP) is 1.06. The van der Waals surface area contributed by atoms with Crippen molar-refractivity contribution in [1.82, 2.24) is 0 Å². The van der Waals surface area contributed by atoms with Gasteiger partial charge in [-0.2, -0.15) is 0 Å². The van der Waals surface area contributed by atoms with E-state index in [0.717, 1.165) is 30.2 Å². The lowest BCUT2D eigenvalue weighted by atomic mass is 10.2. The maximum Gasteiger partial charge on any atom is 0.221 e. The summed E-state index contributed by atoms with van der Waals surface area (Å²) in [7, 11) is 0. The van der Waals surface area contributed by atoms with Gasteiger partial charge in [0, 0.05) is 25.7 Å². The molecule has 5 nitrogen and oxygen atoms in total. The molecule has 17 heavy (non-hydrogen) atoms. The molecule has 0 saturated carbocycles. The standard InChI is InChI=1S/C12H17N3O2/c1-9(16)14-10-2-3-11(13)12(8-10)15-4-6-17-7-5-15/h2-3,8H,4-7,13H2,1H3,(H,14,16). The zero-order valence-corrected chi connectivity index (χ0v) is 9.90. The number of amides is 1. The number of nitrogen functional groups attached to an aromatic ring is 1. The van der Waals surface area contributed by atoms with Gasteiger partial charge in [0.25, 0.3) is 0 Å². The number of rotatable bonds is 2. The van der Waals surface area contributed by atoms with E-state index in [1.807, 2.05) is 12.1 Å². The topological polar surface area (TPSA) is 67.6 Å². The Balaban J connectivity index is 2.21. The Morgan fingerprint density at radius 2 is 2.12 bits per heavy atom. The zero-order valence-electron chi connectivity index (χ0n) is 9.90. The first-order valence-electron chi connectivity index (χ1n) is 5.66. The van der Waals surface area contributed by atoms with Crippen LogP contribution in [0.5, 0.6) is 0 Å². The van der Waals surface area contributed by atoms with Gasteiger partial charge < -0.3 is 20.7 Å². The normalized spacial score (nSPS) is 15.7. The van der Waals surface area contributed by atoms with Crippen molar-refractivity contribution in [2.75, 3.05) is 42.3 Å². The lowest BCUT2D eigenvalue weighted by Crippen LogP contribution is -2.36. The van der Waals surface area contributed by atoms with Crippen LogP contribution in [0.15, 0.2) is 18.2 Å². The summed E-state index contributed by atoms with van der Waals surface area (Å²) in [5, 5.41) is 2.76. The first-order chi connectivity index (χ1) is 8.16. The smallest absolute Gasteiger partial charge is 0.221 e. The van der Waals surface area contributed by atoms with E-state index in [1.165, 1.54) is 6.92 Å². The molecule has 0 aliphatic carbocycles. The quantitative estimate of drug-likeness (QED) is 0.752. The highest BCUT2D eigenvalue weighted by molar-refractivity contribution is 5.90. The van der Waals surface area contributed by atoms with Gasteiger partial charge in [0.15, 0.2) is 0 Å². The molecule has 0 aromatic heterocycles. The molecule has 0 atom stereocenters. The first kappa shape index (κ1) is 11.7. The largest absolute Gasteiger partial charge is 0.397 e. The number of nitrogens with one attached hydrogen (secondary N) is 1. The summed E-state index contributed by atoms with van der Waals surface area (Å²) in [5.74, 6) is -0.0808. The molecule has 1 heterocycles. The van der Waals surface area contributed by atoms with Gasteiger partial charge in [-0.3, -0.25) is 4.79 Å². The molecular weight excluding hydrogens is 218 g/mol. The number of hydrogen-bond donors (Lipinski definition) is 2. The second-order valence-electron chi connectivity index (χ2n) is 4.05. The van der Waals surface area contributed by atoms with Crippen molar-refractivity contribution >= 4 is 23.0 Å². The Morgan fingerprint density at radius 1 is 1.41 bits per heavy atom. The van der Waals surface area contributed by atoms with Gasteiger partial charge in [0.05, 0.1) is 24.6 Å². The van der Waals surface area contributed by atoms with Gasteiger partial charge in [-0.1, -0.05) is 0 Å². The summed E-state index contributed by atoms with van der Waals surface area (Å²) in [6.07, 6.45) is 0. The number of hydrogen-bond acceptors (Lipinski definition) is 4. The average molecular weight is 235 g/mol. The number of ether oxygens (including phenoxy) is 1. The Labute approximate surface area is 101 Å². The third-order valence-corrected chi connectivity index (χ3v) is 2.70. The van der Waals surface area contributed by atoms with E-state index in [9.17, 15) is 4.79 Å². The van der Waals surface area contributed by atoms with Crippen LogP contribution in [0.3, 0.4) is 0 Å². The summed E-state index contributed by atoms with van der Waals surface area (Å²) in [6, 6.07) is 5.53. The molecule has 92 valence electrons. The summed E-state index contributed by atoms with van der Waals surface area (Å²) in [5.41, 5.74) is 8.41. The van der Waals surface area contributed by atoms with Crippen LogP contribution in [0.4, 0.5) is 17.1 Å². The summed E-state index contributed by atoms with van der Waals surface area (Å²) in [6.45, 7) is 4.57. The third kappa shape index (κ3) is 2.88. The van der Waals surface area contributed by atoms with E-state index >= 15 is 0 Å². The minimum absolute atomic E-state index is 0.0808. The molecule has 0 spiro atoms. The maximum atomic E-state index is 11.0. The van der Waals surface area contributed by atoms with Crippen molar-refractivity contribution in [3.8, 4) is 0 Å². The van der Waals surface area contributed by atoms with Crippen molar-refractivity contribution < 1.29 is 9.53 Å². The molecule has 2 rings (SSSR count). The van der Waals surface area contributed by atoms with Gasteiger partial charge in [-0.25, -0.2) is 0 Å². The minimum atomic E-state index is -0.0808. The molecular formula is C12H17N3O2. The van der Waals surface area contributed by atoms with E-state index < -0.39 is 0 Å². The van der Waals surface area contributed by atoms with Gasteiger partial charge in [-0.15, -0.1) is 0 Å². The van der Waals surface area contributed by atoms with E-state index in [1.54, 1.807) is 6.07 Å². The van der Waals surface area contributed by atoms with Crippen molar-refractivity contribution in [3.05, 3.63) is 18.2 Å². The fourth-order valence-corrected chi connectivity index (χ4v) is 1.90. The second-order valence-corrected chi connectivity index (χ2v) is 4.05. The summed E-state index contributed by atoms with van der Waals surface area (Å²) < 4.78 is 5.30. The molecule has 1 fully saturated rings. The zero-order chi connectivity index (χ0) is 12.3. The van der Waals surface area contributed by atoms with Crippen molar-refractivity contribution in [1.29, 1.82) is 0 Å². The van der Waals surface area contributed by atoms with Gasteiger partial charge in [0.1, 0.15) is 0 Å². The van der Waals surface area contributed by atoms with Crippen LogP contribution >= 0.6 is 0 Å². The average Bonchev–Trinajstić information content (AvgIpc) is 2.32. The molecule has 0 unspecified atom stereocenters. The van der Waals surface area contributed by atoms with Gasteiger partial charge >= 0.3 is 0 Å². The van der Waals surface area contributed by atoms with Crippen LogP contribution in [0.1, 0.15) is 6.92 Å². The highest BCUT2D eigenvalue weighted by Gasteiger charge is 2.14. The van der Waals surface area contributed by atoms with E-state index in [0.29, 0.717) is 13.2 Å². The summed E-state index contributed by atoms with van der Waals surface area (Å²) in [4.78, 5) is 13.2. The lowest BCUT2D eigenvalue weighted by molar-refractivity contribution is -0.114. The number of carbonyl (C=O) groups excluding carboxylic acids is 1. The van der Waals surface area contributed by atoms with Crippen molar-refractivity contribution in [2.24, 2.45) is 0 Å². The minimum Gasteiger partial charge on any atom is -0.397 e. The molecule has 1 amide bonds. The third-order valence-electron chi connectivity index (χ3n) is 2.70. The Hall–Kier alpha value is -1.75. The van der Waals surface area contributed by atoms with E-state index in [4.69, 9.17) is 10.5 Å². The number of benzene rings is 1. The van der Waals surface area contributed by atoms with Crippen LogP contribution in [-0.2, 0) is 9.53 Å². The monoisotopic (exact) mass is 235 g/mol. The molecule has 3 N–H and O–H groups in total. The number of nitrogens with two attached hydrogens (primary N) is 1. The van der Waals surface area contributed by atoms with Crippen LogP contribution in [0, 0.1) is 0 Å². The number of carbonyl (C=O) groups is 1. The molecule has 1 aliphatic rings. The second kappa shape index (κ2) is 5.05. The van der Waals surface area contributed by atoms with Gasteiger partial charge in [0.2, 0.25) is 5.91 Å². The Bertz CT molecular complexity index is 414. The molecule has 1 aromatic rings. The SMILES string of the molecule is CC(=O)Nc1ccc(N)c(N2CCOCC2)c1. The fraction of sp³-hybridized carbons (Fsp3) is 0.417. The highest BCUT2D eigenvalue weighted by Crippen LogP contribution is 2.27. The van der Waals surface area contributed by atoms with Crippen molar-refractivity contribution in [3.63, 3.8) is 0 Å². The first-order valence-corrected chi connectivity index (χ1v) is 5.66. The van der Waals surface area contributed by atoms with Crippen LogP contribution in [-0.4, -0.2) is 32.2 Å². The van der Waals surface area contributed by atoms with Crippen molar-refractivity contribution in [2.45, 2.75) is 6.92 Å². The molecule has 5 heteroatoms. The molecule has 1 aromatic carbocycles. The maximum absolute atomic E-state index is 11.0. The fourth-order valence-electron chi connectivity index (χ4n) is 1.90. The molecule has 0 bridgehead atoms. The lowest BCUT2D eigenvalue weighted by Gasteiger charge is -2.30. The van der Waals surface area contributed by atoms with E-state index in [2.05, 4.69) is 10.2 Å². The molecule has 1 aliphatic heterocycles. The highest BCUT2D eigenvalue weighted by atomic mass is 16.5. The Kier molecular flexibility index (Phi) is 3.49. The number of nitrogens with zero attached hydrogens (tertiary/aromatic N) is 1. The number of morpholine rings is 1. The van der Waals surface area contributed by atoms with E-state index in [-0.39, 0.29) is 5.91 Å². The van der Waals surface area contributed by atoms with Crippen LogP contribution < -0.4 is 16.0 Å². The van der Waals surface area contributed by atoms with Crippen LogP contribution in [0.25, 0.3) is 0 Å². The summed E-state index contributed by atoms with van der Waals surface area (Å²) >= 11 is 0. The number of anilines is 3. The predicted molar refractivity (Wildman–Crippen MR) is 68.2 cm³/mol. The molecule has 1 saturated heterocycles. The Morgan fingerprint density at radius 3 is 2.76 bits per heavy atom. The molecule has 0 radical (unpaired) electrons.